The molecule has 0 aromatic carbocycles. The molecule has 0 radical (unpaired) electrons. The molecule has 0 aromatic heterocycles. The largest absolute Gasteiger partial charge is 0.462 e. The van der Waals surface area contributed by atoms with E-state index in [9.17, 15) is 14.4 Å². The Balaban J connectivity index is 4.44. The van der Waals surface area contributed by atoms with Crippen LogP contribution in [0.2, 0.25) is 0 Å². The first-order valence-corrected chi connectivity index (χ1v) is 29.2. The monoisotopic (exact) mass is 961 g/mol. The summed E-state index contributed by atoms with van der Waals surface area (Å²) in [5.41, 5.74) is 0. The molecule has 0 saturated carbocycles. The summed E-state index contributed by atoms with van der Waals surface area (Å²) in [6.07, 6.45) is 74.2. The minimum atomic E-state index is -0.797. The van der Waals surface area contributed by atoms with Crippen LogP contribution in [0.5, 0.6) is 0 Å². The number of unbranched alkanes of at least 4 members (excludes halogenated alkanes) is 31. The Morgan fingerprint density at radius 2 is 0.536 bits per heavy atom. The number of esters is 3. The van der Waals surface area contributed by atoms with Crippen LogP contribution in [0.4, 0.5) is 0 Å². The maximum atomic E-state index is 12.9. The number of hydrogen-bond acceptors (Lipinski definition) is 6. The molecule has 0 amide bonds. The van der Waals surface area contributed by atoms with Crippen LogP contribution in [0.25, 0.3) is 0 Å². The second-order valence-electron chi connectivity index (χ2n) is 19.3. The standard InChI is InChI=1S/C63H108O6/c1-4-7-10-13-16-19-22-25-28-30-32-34-35-38-41-44-47-50-53-56-62(65)68-59-60(58-67-61(64)55-52-49-46-43-40-37-27-24-21-18-15-12-9-6-3)69-63(66)57-54-51-48-45-42-39-36-33-31-29-26-23-20-17-14-11-8-5-2/h16-17,19-20,22-23,25-26,29,31,33,36-37,40,60H,4-15,18,21,24,27-28,30,32,34-35,38-39,41-59H2,1-3H3/b19-16-,20-17-,25-22-,26-23-,31-29-,36-33-,40-37-. The molecular formula is C63H108O6. The number of ether oxygens (including phenoxy) is 3. The summed E-state index contributed by atoms with van der Waals surface area (Å²) in [6.45, 7) is 6.55. The first kappa shape index (κ1) is 65.6. The zero-order chi connectivity index (χ0) is 50.0. The normalized spacial score (nSPS) is 12.7. The van der Waals surface area contributed by atoms with Gasteiger partial charge in [-0.05, 0) is 96.3 Å². The number of carbonyl (C=O) groups excluding carboxylic acids is 3. The van der Waals surface area contributed by atoms with Gasteiger partial charge in [-0.2, -0.15) is 0 Å². The predicted octanol–water partition coefficient (Wildman–Crippen LogP) is 19.5. The molecule has 6 nitrogen and oxygen atoms in total. The van der Waals surface area contributed by atoms with Gasteiger partial charge in [0.1, 0.15) is 13.2 Å². The van der Waals surface area contributed by atoms with Crippen LogP contribution in [0, 0.1) is 0 Å². The summed E-state index contributed by atoms with van der Waals surface area (Å²) in [4.78, 5) is 38.2. The van der Waals surface area contributed by atoms with Crippen molar-refractivity contribution in [3.8, 4) is 0 Å². The van der Waals surface area contributed by atoms with Gasteiger partial charge in [-0.15, -0.1) is 0 Å². The van der Waals surface area contributed by atoms with E-state index in [1.165, 1.54) is 141 Å². The number of allylic oxidation sites excluding steroid dienone is 14. The summed E-state index contributed by atoms with van der Waals surface area (Å²) < 4.78 is 16.8. The highest BCUT2D eigenvalue weighted by Gasteiger charge is 2.19. The average molecular weight is 962 g/mol. The fourth-order valence-electron chi connectivity index (χ4n) is 8.03. The van der Waals surface area contributed by atoms with E-state index in [0.29, 0.717) is 19.3 Å². The van der Waals surface area contributed by atoms with Crippen molar-refractivity contribution >= 4 is 17.9 Å². The van der Waals surface area contributed by atoms with Crippen LogP contribution >= 0.6 is 0 Å². The SMILES string of the molecule is CCCCC\C=C/C=C\C=C/C=C\CCCCCCCC(=O)OC(COC(=O)CCCCC/C=C\CCCCCCCCC)COC(=O)CCCCCCCCCCCC/C=C\C=C/CCCCC. The highest BCUT2D eigenvalue weighted by molar-refractivity contribution is 5.71. The molecule has 0 aromatic rings. The molecule has 0 fully saturated rings. The third-order valence-electron chi connectivity index (χ3n) is 12.5. The third-order valence-corrected chi connectivity index (χ3v) is 12.5. The van der Waals surface area contributed by atoms with Crippen molar-refractivity contribution in [3.05, 3.63) is 85.1 Å². The molecule has 1 unspecified atom stereocenters. The van der Waals surface area contributed by atoms with Gasteiger partial charge in [-0.1, -0.05) is 247 Å². The predicted molar refractivity (Wildman–Crippen MR) is 297 cm³/mol. The van der Waals surface area contributed by atoms with E-state index in [2.05, 4.69) is 106 Å². The van der Waals surface area contributed by atoms with Gasteiger partial charge in [-0.25, -0.2) is 0 Å². The minimum Gasteiger partial charge on any atom is -0.462 e. The van der Waals surface area contributed by atoms with Gasteiger partial charge in [0, 0.05) is 19.3 Å². The average Bonchev–Trinajstić information content (AvgIpc) is 3.35. The Morgan fingerprint density at radius 1 is 0.290 bits per heavy atom. The van der Waals surface area contributed by atoms with Crippen LogP contribution in [0.15, 0.2) is 85.1 Å². The molecular weight excluding hydrogens is 853 g/mol. The lowest BCUT2D eigenvalue weighted by molar-refractivity contribution is -0.167. The van der Waals surface area contributed by atoms with Crippen molar-refractivity contribution < 1.29 is 28.6 Å². The Bertz CT molecular complexity index is 1330. The van der Waals surface area contributed by atoms with E-state index in [-0.39, 0.29) is 31.1 Å². The molecule has 0 N–H and O–H groups in total. The van der Waals surface area contributed by atoms with E-state index in [1.807, 2.05) is 0 Å². The van der Waals surface area contributed by atoms with Gasteiger partial charge in [0.15, 0.2) is 6.10 Å². The third kappa shape index (κ3) is 55.4. The van der Waals surface area contributed by atoms with Crippen LogP contribution in [-0.4, -0.2) is 37.2 Å². The Labute approximate surface area is 426 Å². The van der Waals surface area contributed by atoms with Gasteiger partial charge < -0.3 is 14.2 Å². The van der Waals surface area contributed by atoms with Crippen molar-refractivity contribution in [1.29, 1.82) is 0 Å². The highest BCUT2D eigenvalue weighted by atomic mass is 16.6. The topological polar surface area (TPSA) is 78.9 Å². The zero-order valence-corrected chi connectivity index (χ0v) is 45.3. The molecule has 0 aliphatic rings. The molecule has 0 bridgehead atoms. The fourth-order valence-corrected chi connectivity index (χ4v) is 8.03. The number of rotatable bonds is 52. The molecule has 6 heteroatoms. The Hall–Kier alpha value is -3.41. The highest BCUT2D eigenvalue weighted by Crippen LogP contribution is 2.15. The molecule has 0 saturated heterocycles. The van der Waals surface area contributed by atoms with E-state index in [0.717, 1.165) is 96.3 Å². The van der Waals surface area contributed by atoms with E-state index in [1.54, 1.807) is 0 Å². The van der Waals surface area contributed by atoms with Crippen molar-refractivity contribution in [3.63, 3.8) is 0 Å². The molecule has 396 valence electrons. The first-order chi connectivity index (χ1) is 34.0. The van der Waals surface area contributed by atoms with Crippen LogP contribution < -0.4 is 0 Å². The maximum absolute atomic E-state index is 12.9. The van der Waals surface area contributed by atoms with Gasteiger partial charge in [0.05, 0.1) is 0 Å². The molecule has 0 heterocycles. The summed E-state index contributed by atoms with van der Waals surface area (Å²) in [5.74, 6) is -0.929. The molecule has 0 rings (SSSR count). The van der Waals surface area contributed by atoms with Crippen LogP contribution in [-0.2, 0) is 28.6 Å². The van der Waals surface area contributed by atoms with Crippen LogP contribution in [0.1, 0.15) is 278 Å². The van der Waals surface area contributed by atoms with Crippen molar-refractivity contribution in [2.75, 3.05) is 13.2 Å². The fraction of sp³-hybridized carbons (Fsp3) is 0.730. The molecule has 0 aliphatic heterocycles. The molecule has 1 atom stereocenters. The summed E-state index contributed by atoms with van der Waals surface area (Å²) in [6, 6.07) is 0. The van der Waals surface area contributed by atoms with Gasteiger partial charge in [0.2, 0.25) is 0 Å². The van der Waals surface area contributed by atoms with Gasteiger partial charge in [-0.3, -0.25) is 14.4 Å². The molecule has 0 aliphatic carbocycles. The second-order valence-corrected chi connectivity index (χ2v) is 19.3. The van der Waals surface area contributed by atoms with Gasteiger partial charge >= 0.3 is 17.9 Å². The van der Waals surface area contributed by atoms with E-state index in [4.69, 9.17) is 14.2 Å². The van der Waals surface area contributed by atoms with E-state index < -0.39 is 6.10 Å². The molecule has 0 spiro atoms. The molecule has 69 heavy (non-hydrogen) atoms. The Kier molecular flexibility index (Phi) is 54.3. The lowest BCUT2D eigenvalue weighted by atomic mass is 10.1. The second kappa shape index (κ2) is 57.2. The van der Waals surface area contributed by atoms with Crippen molar-refractivity contribution in [1.82, 2.24) is 0 Å². The minimum absolute atomic E-state index is 0.0926. The summed E-state index contributed by atoms with van der Waals surface area (Å²) in [5, 5.41) is 0. The van der Waals surface area contributed by atoms with E-state index >= 15 is 0 Å². The number of hydrogen-bond donors (Lipinski definition) is 0. The maximum Gasteiger partial charge on any atom is 0.306 e. The lowest BCUT2D eigenvalue weighted by Crippen LogP contribution is -2.30. The van der Waals surface area contributed by atoms with Gasteiger partial charge in [0.25, 0.3) is 0 Å². The van der Waals surface area contributed by atoms with Crippen molar-refractivity contribution in [2.45, 2.75) is 284 Å². The van der Waals surface area contributed by atoms with Crippen molar-refractivity contribution in [2.24, 2.45) is 0 Å². The smallest absolute Gasteiger partial charge is 0.306 e. The summed E-state index contributed by atoms with van der Waals surface area (Å²) >= 11 is 0. The quantitative estimate of drug-likeness (QED) is 0.0199. The van der Waals surface area contributed by atoms with Crippen LogP contribution in [0.3, 0.4) is 0 Å². The number of carbonyl (C=O) groups is 3. The summed E-state index contributed by atoms with van der Waals surface area (Å²) in [7, 11) is 0. The lowest BCUT2D eigenvalue weighted by Gasteiger charge is -2.18. The first-order valence-electron chi connectivity index (χ1n) is 29.2. The Morgan fingerprint density at radius 3 is 0.913 bits per heavy atom. The zero-order valence-electron chi connectivity index (χ0n) is 45.3.